The van der Waals surface area contributed by atoms with Crippen molar-refractivity contribution in [3.05, 3.63) is 12.2 Å². The summed E-state index contributed by atoms with van der Waals surface area (Å²) in [7, 11) is 0. The predicted molar refractivity (Wildman–Crippen MR) is 98.4 cm³/mol. The van der Waals surface area contributed by atoms with E-state index in [0.717, 1.165) is 56.9 Å². The molecule has 4 saturated carbocycles. The average Bonchev–Trinajstić information content (AvgIpc) is 2.75. The van der Waals surface area contributed by atoms with Crippen LogP contribution in [0.15, 0.2) is 12.2 Å². The minimum Gasteiger partial charge on any atom is -0.481 e. The van der Waals surface area contributed by atoms with Crippen molar-refractivity contribution in [1.82, 2.24) is 0 Å². The highest BCUT2D eigenvalue weighted by Crippen LogP contribution is 2.72. The number of aliphatic carboxylic acids is 1. The predicted octanol–water partition coefficient (Wildman–Crippen LogP) is 4.58. The minimum atomic E-state index is -0.634. The molecule has 4 aliphatic carbocycles. The van der Waals surface area contributed by atoms with E-state index in [0.29, 0.717) is 11.8 Å². The first-order valence-corrected chi connectivity index (χ1v) is 10.2. The Kier molecular flexibility index (Phi) is 3.88. The van der Waals surface area contributed by atoms with Crippen LogP contribution in [-0.2, 0) is 14.3 Å². The largest absolute Gasteiger partial charge is 0.481 e. The summed E-state index contributed by atoms with van der Waals surface area (Å²) < 4.78 is 5.87. The quantitative estimate of drug-likeness (QED) is 0.578. The zero-order chi connectivity index (χ0) is 18.9. The molecule has 144 valence electrons. The summed E-state index contributed by atoms with van der Waals surface area (Å²) in [5, 5.41) is 10.0. The van der Waals surface area contributed by atoms with E-state index in [1.807, 2.05) is 6.92 Å². The number of carboxylic acid groups (broad SMARTS) is 1. The van der Waals surface area contributed by atoms with Crippen LogP contribution >= 0.6 is 0 Å². The van der Waals surface area contributed by atoms with Crippen LogP contribution < -0.4 is 0 Å². The molecule has 0 heterocycles. The summed E-state index contributed by atoms with van der Waals surface area (Å²) in [6.45, 7) is 10.1. The number of hydrogen-bond donors (Lipinski definition) is 1. The number of fused-ring (bicyclic) bond motifs is 3. The molecule has 4 rings (SSSR count). The molecule has 1 spiro atoms. The molecule has 0 unspecified atom stereocenters. The highest BCUT2D eigenvalue weighted by atomic mass is 16.5. The van der Waals surface area contributed by atoms with Gasteiger partial charge in [-0.25, -0.2) is 0 Å². The number of esters is 1. The van der Waals surface area contributed by atoms with Gasteiger partial charge in [-0.05, 0) is 80.6 Å². The van der Waals surface area contributed by atoms with Crippen LogP contribution in [0, 0.1) is 34.0 Å². The van der Waals surface area contributed by atoms with E-state index in [9.17, 15) is 14.7 Å². The van der Waals surface area contributed by atoms with E-state index < -0.39 is 11.4 Å². The molecular weight excluding hydrogens is 328 g/mol. The van der Waals surface area contributed by atoms with Crippen LogP contribution in [0.4, 0.5) is 0 Å². The molecule has 0 aromatic rings. The second kappa shape index (κ2) is 5.59. The molecule has 0 radical (unpaired) electrons. The number of ether oxygens (including phenoxy) is 1. The fraction of sp³-hybridized carbons (Fsp3) is 0.818. The first-order valence-electron chi connectivity index (χ1n) is 10.2. The fourth-order valence-corrected chi connectivity index (χ4v) is 7.95. The number of carboxylic acids is 1. The zero-order valence-corrected chi connectivity index (χ0v) is 16.3. The van der Waals surface area contributed by atoms with Gasteiger partial charge < -0.3 is 9.84 Å². The Hall–Kier alpha value is -1.32. The molecule has 4 fully saturated rings. The van der Waals surface area contributed by atoms with E-state index >= 15 is 0 Å². The van der Waals surface area contributed by atoms with Crippen molar-refractivity contribution in [2.24, 2.45) is 34.0 Å². The minimum absolute atomic E-state index is 0.0115. The van der Waals surface area contributed by atoms with Gasteiger partial charge in [-0.15, -0.1) is 0 Å². The number of carbonyl (C=O) groups is 2. The van der Waals surface area contributed by atoms with E-state index in [1.54, 1.807) is 0 Å². The van der Waals surface area contributed by atoms with E-state index in [2.05, 4.69) is 13.5 Å². The third-order valence-electron chi connectivity index (χ3n) is 8.95. The van der Waals surface area contributed by atoms with Crippen LogP contribution in [0.25, 0.3) is 0 Å². The van der Waals surface area contributed by atoms with Crippen LogP contribution in [0.1, 0.15) is 72.1 Å². The van der Waals surface area contributed by atoms with Crippen molar-refractivity contribution in [2.45, 2.75) is 78.2 Å². The lowest BCUT2D eigenvalue weighted by atomic mass is 9.40. The van der Waals surface area contributed by atoms with Gasteiger partial charge in [0.05, 0.1) is 5.41 Å². The summed E-state index contributed by atoms with van der Waals surface area (Å²) in [5.74, 6) is 0.242. The number of hydrogen-bond acceptors (Lipinski definition) is 3. The van der Waals surface area contributed by atoms with Gasteiger partial charge in [-0.1, -0.05) is 19.9 Å². The molecule has 0 aromatic heterocycles. The Morgan fingerprint density at radius 3 is 2.50 bits per heavy atom. The lowest BCUT2D eigenvalue weighted by Gasteiger charge is -2.63. The second-order valence-electron chi connectivity index (χ2n) is 10.0. The maximum atomic E-state index is 12.2. The Balaban J connectivity index is 1.77. The second-order valence-corrected chi connectivity index (χ2v) is 10.0. The van der Waals surface area contributed by atoms with Crippen molar-refractivity contribution in [3.8, 4) is 0 Å². The first-order chi connectivity index (χ1) is 12.1. The van der Waals surface area contributed by atoms with Crippen LogP contribution in [-0.4, -0.2) is 23.1 Å². The summed E-state index contributed by atoms with van der Waals surface area (Å²) >= 11 is 0. The first kappa shape index (κ1) is 18.1. The Bertz CT molecular complexity index is 669. The highest BCUT2D eigenvalue weighted by Gasteiger charge is 2.68. The summed E-state index contributed by atoms with van der Waals surface area (Å²) in [4.78, 5) is 24.0. The van der Waals surface area contributed by atoms with Gasteiger partial charge in [-0.3, -0.25) is 9.59 Å². The van der Waals surface area contributed by atoms with Crippen molar-refractivity contribution in [1.29, 1.82) is 0 Å². The van der Waals surface area contributed by atoms with E-state index in [4.69, 9.17) is 4.74 Å². The molecule has 4 nitrogen and oxygen atoms in total. The molecule has 26 heavy (non-hydrogen) atoms. The SMILES string of the molecule is C=C1[C@H]2CC[C@@H]3[C@@]4(C)CCC[C@@](C)(C(=O)O)[C@@H]4CC[C@@]3(C2)[C@@H]1OC(C)=O. The van der Waals surface area contributed by atoms with Gasteiger partial charge in [0, 0.05) is 12.3 Å². The van der Waals surface area contributed by atoms with Gasteiger partial charge in [0.25, 0.3) is 0 Å². The molecule has 0 saturated heterocycles. The molecular formula is C22H32O4. The summed E-state index contributed by atoms with van der Waals surface area (Å²) in [6.07, 6.45) is 7.86. The van der Waals surface area contributed by atoms with Gasteiger partial charge in [0.1, 0.15) is 6.10 Å². The van der Waals surface area contributed by atoms with Gasteiger partial charge >= 0.3 is 11.9 Å². The molecule has 0 amide bonds. The highest BCUT2D eigenvalue weighted by molar-refractivity contribution is 5.75. The smallest absolute Gasteiger partial charge is 0.309 e. The monoisotopic (exact) mass is 360 g/mol. The van der Waals surface area contributed by atoms with Gasteiger partial charge in [-0.2, -0.15) is 0 Å². The molecule has 4 heteroatoms. The maximum absolute atomic E-state index is 12.2. The third-order valence-corrected chi connectivity index (χ3v) is 8.95. The van der Waals surface area contributed by atoms with Crippen molar-refractivity contribution in [3.63, 3.8) is 0 Å². The summed E-state index contributed by atoms with van der Waals surface area (Å²) in [5.41, 5.74) is 0.477. The molecule has 1 N–H and O–H groups in total. The third kappa shape index (κ3) is 2.13. The zero-order valence-electron chi connectivity index (χ0n) is 16.3. The lowest BCUT2D eigenvalue weighted by Crippen LogP contribution is -2.60. The van der Waals surface area contributed by atoms with E-state index in [1.165, 1.54) is 6.92 Å². The summed E-state index contributed by atoms with van der Waals surface area (Å²) in [6, 6.07) is 0. The fourth-order valence-electron chi connectivity index (χ4n) is 7.95. The number of carbonyl (C=O) groups excluding carboxylic acids is 1. The normalized spacial score (nSPS) is 49.9. The Morgan fingerprint density at radius 1 is 1.12 bits per heavy atom. The van der Waals surface area contributed by atoms with Crippen LogP contribution in [0.5, 0.6) is 0 Å². The number of rotatable bonds is 2. The van der Waals surface area contributed by atoms with Crippen molar-refractivity contribution >= 4 is 11.9 Å². The topological polar surface area (TPSA) is 63.6 Å². The molecule has 2 bridgehead atoms. The van der Waals surface area contributed by atoms with E-state index in [-0.39, 0.29) is 28.8 Å². The van der Waals surface area contributed by atoms with Gasteiger partial charge in [0.2, 0.25) is 0 Å². The Morgan fingerprint density at radius 2 is 1.85 bits per heavy atom. The van der Waals surface area contributed by atoms with Crippen LogP contribution in [0.2, 0.25) is 0 Å². The maximum Gasteiger partial charge on any atom is 0.309 e. The molecule has 4 aliphatic rings. The Labute approximate surface area is 156 Å². The average molecular weight is 360 g/mol. The van der Waals surface area contributed by atoms with Gasteiger partial charge in [0.15, 0.2) is 0 Å². The molecule has 0 aliphatic heterocycles. The molecule has 0 aromatic carbocycles. The molecule has 7 atom stereocenters. The standard InChI is InChI=1S/C22H32O4/c1-13-15-6-7-17-20(3)9-5-10-21(4,19(24)25)16(20)8-11-22(17,12-15)18(13)26-14(2)23/h15-18H,1,5-12H2,2-4H3,(H,24,25)/t15-,16+,17+,18+,20-,21+,22-/m0/s1. The van der Waals surface area contributed by atoms with Crippen molar-refractivity contribution in [2.75, 3.05) is 0 Å². The lowest BCUT2D eigenvalue weighted by molar-refractivity contribution is -0.195. The van der Waals surface area contributed by atoms with Crippen LogP contribution in [0.3, 0.4) is 0 Å². The van der Waals surface area contributed by atoms with Crippen molar-refractivity contribution < 1.29 is 19.4 Å².